The van der Waals surface area contributed by atoms with E-state index in [-0.39, 0.29) is 12.4 Å². The molecule has 0 unspecified atom stereocenters. The number of aromatic amines is 1. The SMILES string of the molecule is CN(C(=O)c1ccccc1C(F)(F)F)c1c(N)n(Cc2ccccc2)c(=O)[nH]c1=O. The van der Waals surface area contributed by atoms with Crippen LogP contribution in [0.1, 0.15) is 21.5 Å². The number of nitrogens with zero attached hydrogens (tertiary/aromatic N) is 2. The van der Waals surface area contributed by atoms with Gasteiger partial charge in [-0.05, 0) is 17.7 Å². The second-order valence-electron chi connectivity index (χ2n) is 6.47. The largest absolute Gasteiger partial charge is 0.417 e. The molecule has 0 fully saturated rings. The minimum Gasteiger partial charge on any atom is -0.383 e. The third-order valence-electron chi connectivity index (χ3n) is 4.50. The van der Waals surface area contributed by atoms with Crippen LogP contribution in [0.15, 0.2) is 64.2 Å². The molecule has 0 spiro atoms. The number of hydrogen-bond acceptors (Lipinski definition) is 4. The lowest BCUT2D eigenvalue weighted by atomic mass is 10.1. The van der Waals surface area contributed by atoms with Crippen molar-refractivity contribution in [1.82, 2.24) is 9.55 Å². The van der Waals surface area contributed by atoms with Gasteiger partial charge in [0.2, 0.25) is 0 Å². The summed E-state index contributed by atoms with van der Waals surface area (Å²) in [6.45, 7) is -0.00352. The molecule has 0 atom stereocenters. The van der Waals surface area contributed by atoms with Gasteiger partial charge in [0, 0.05) is 7.05 Å². The lowest BCUT2D eigenvalue weighted by Gasteiger charge is -2.22. The molecule has 30 heavy (non-hydrogen) atoms. The topological polar surface area (TPSA) is 101 Å². The number of anilines is 2. The maximum atomic E-state index is 13.3. The molecule has 1 heterocycles. The predicted molar refractivity (Wildman–Crippen MR) is 105 cm³/mol. The Hall–Kier alpha value is -3.82. The number of hydrogen-bond donors (Lipinski definition) is 2. The first-order chi connectivity index (χ1) is 14.1. The summed E-state index contributed by atoms with van der Waals surface area (Å²) in [5.41, 5.74) is 2.69. The Balaban J connectivity index is 2.08. The zero-order chi connectivity index (χ0) is 22.1. The van der Waals surface area contributed by atoms with Crippen molar-refractivity contribution >= 4 is 17.4 Å². The first-order valence-electron chi connectivity index (χ1n) is 8.72. The normalized spacial score (nSPS) is 11.3. The number of nitrogens with one attached hydrogen (secondary N) is 1. The van der Waals surface area contributed by atoms with Gasteiger partial charge in [-0.15, -0.1) is 0 Å². The number of carbonyl (C=O) groups is 1. The summed E-state index contributed by atoms with van der Waals surface area (Å²) in [5.74, 6) is -1.43. The third-order valence-corrected chi connectivity index (χ3v) is 4.50. The van der Waals surface area contributed by atoms with Gasteiger partial charge in [-0.2, -0.15) is 13.2 Å². The van der Waals surface area contributed by atoms with Crippen LogP contribution in [0.4, 0.5) is 24.7 Å². The maximum absolute atomic E-state index is 13.3. The molecule has 1 amide bonds. The minimum atomic E-state index is -4.77. The Morgan fingerprint density at radius 1 is 1.07 bits per heavy atom. The summed E-state index contributed by atoms with van der Waals surface area (Å²) in [5, 5.41) is 0. The van der Waals surface area contributed by atoms with Crippen molar-refractivity contribution in [2.24, 2.45) is 0 Å². The molecule has 3 aromatic rings. The second-order valence-corrected chi connectivity index (χ2v) is 6.47. The summed E-state index contributed by atoms with van der Waals surface area (Å²) in [7, 11) is 1.12. The van der Waals surface area contributed by atoms with Crippen molar-refractivity contribution in [3.05, 3.63) is 92.1 Å². The third kappa shape index (κ3) is 3.97. The molecule has 0 aliphatic rings. The lowest BCUT2D eigenvalue weighted by molar-refractivity contribution is -0.137. The number of nitrogen functional groups attached to an aromatic ring is 1. The molecule has 2 aromatic carbocycles. The molecular weight excluding hydrogens is 401 g/mol. The molecule has 0 aliphatic carbocycles. The zero-order valence-electron chi connectivity index (χ0n) is 15.7. The number of carbonyl (C=O) groups excluding carboxylic acids is 1. The number of rotatable bonds is 4. The fraction of sp³-hybridized carbons (Fsp3) is 0.150. The number of halogens is 3. The Labute approximate surface area is 168 Å². The fourth-order valence-corrected chi connectivity index (χ4v) is 3.02. The van der Waals surface area contributed by atoms with E-state index < -0.39 is 40.1 Å². The molecule has 156 valence electrons. The minimum absolute atomic E-state index is 0.00352. The van der Waals surface area contributed by atoms with Crippen molar-refractivity contribution in [2.45, 2.75) is 12.7 Å². The monoisotopic (exact) mass is 418 g/mol. The molecule has 3 rings (SSSR count). The van der Waals surface area contributed by atoms with Crippen molar-refractivity contribution in [3.63, 3.8) is 0 Å². The number of aromatic nitrogens is 2. The van der Waals surface area contributed by atoms with Crippen LogP contribution in [0.3, 0.4) is 0 Å². The van der Waals surface area contributed by atoms with Gasteiger partial charge in [0.05, 0.1) is 17.7 Å². The molecule has 1 aromatic heterocycles. The molecule has 7 nitrogen and oxygen atoms in total. The summed E-state index contributed by atoms with van der Waals surface area (Å²) < 4.78 is 40.9. The van der Waals surface area contributed by atoms with E-state index in [0.717, 1.165) is 29.8 Å². The van der Waals surface area contributed by atoms with E-state index in [4.69, 9.17) is 5.73 Å². The van der Waals surface area contributed by atoms with Gasteiger partial charge in [-0.1, -0.05) is 42.5 Å². The molecule has 10 heteroatoms. The van der Waals surface area contributed by atoms with Crippen LogP contribution in [0.25, 0.3) is 0 Å². The molecule has 0 aliphatic heterocycles. The average molecular weight is 418 g/mol. The van der Waals surface area contributed by atoms with E-state index in [9.17, 15) is 27.6 Å². The Bertz CT molecular complexity index is 1200. The molecule has 0 saturated heterocycles. The molecule has 3 N–H and O–H groups in total. The zero-order valence-corrected chi connectivity index (χ0v) is 15.7. The van der Waals surface area contributed by atoms with Crippen LogP contribution in [0.5, 0.6) is 0 Å². The number of benzene rings is 2. The summed E-state index contributed by atoms with van der Waals surface area (Å²) in [6.07, 6.45) is -4.77. The number of amides is 1. The van der Waals surface area contributed by atoms with Crippen LogP contribution in [-0.2, 0) is 12.7 Å². The average Bonchev–Trinajstić information content (AvgIpc) is 2.70. The van der Waals surface area contributed by atoms with Gasteiger partial charge in [0.25, 0.3) is 11.5 Å². The van der Waals surface area contributed by atoms with E-state index in [1.165, 1.54) is 6.07 Å². The van der Waals surface area contributed by atoms with Crippen LogP contribution >= 0.6 is 0 Å². The first kappa shape index (κ1) is 20.9. The molecule has 0 saturated carbocycles. The van der Waals surface area contributed by atoms with Gasteiger partial charge in [-0.25, -0.2) is 4.79 Å². The van der Waals surface area contributed by atoms with Crippen LogP contribution in [0, 0.1) is 0 Å². The highest BCUT2D eigenvalue weighted by Crippen LogP contribution is 2.33. The summed E-state index contributed by atoms with van der Waals surface area (Å²) in [6, 6.07) is 12.9. The highest BCUT2D eigenvalue weighted by atomic mass is 19.4. The van der Waals surface area contributed by atoms with Crippen molar-refractivity contribution in [1.29, 1.82) is 0 Å². The molecule has 0 radical (unpaired) electrons. The van der Waals surface area contributed by atoms with Gasteiger partial charge < -0.3 is 10.6 Å². The van der Waals surface area contributed by atoms with E-state index in [1.807, 2.05) is 0 Å². The fourth-order valence-electron chi connectivity index (χ4n) is 3.02. The summed E-state index contributed by atoms with van der Waals surface area (Å²) >= 11 is 0. The van der Waals surface area contributed by atoms with Gasteiger partial charge in [0.15, 0.2) is 5.69 Å². The Morgan fingerprint density at radius 2 is 1.67 bits per heavy atom. The number of nitrogens with two attached hydrogens (primary N) is 1. The Kier molecular flexibility index (Phi) is 5.50. The van der Waals surface area contributed by atoms with Crippen molar-refractivity contribution in [2.75, 3.05) is 17.7 Å². The Morgan fingerprint density at radius 3 is 2.30 bits per heavy atom. The van der Waals surface area contributed by atoms with E-state index >= 15 is 0 Å². The van der Waals surface area contributed by atoms with Gasteiger partial charge >= 0.3 is 11.9 Å². The molecule has 0 bridgehead atoms. The number of alkyl halides is 3. The predicted octanol–water partition coefficient (Wildman–Crippen LogP) is 2.46. The highest BCUT2D eigenvalue weighted by Gasteiger charge is 2.36. The van der Waals surface area contributed by atoms with Crippen LogP contribution < -0.4 is 21.9 Å². The van der Waals surface area contributed by atoms with Crippen molar-refractivity contribution < 1.29 is 18.0 Å². The van der Waals surface area contributed by atoms with Crippen LogP contribution in [-0.4, -0.2) is 22.5 Å². The van der Waals surface area contributed by atoms with Gasteiger partial charge in [0.1, 0.15) is 5.82 Å². The lowest BCUT2D eigenvalue weighted by Crippen LogP contribution is -2.39. The summed E-state index contributed by atoms with van der Waals surface area (Å²) in [4.78, 5) is 40.2. The van der Waals surface area contributed by atoms with Crippen LogP contribution in [0.2, 0.25) is 0 Å². The van der Waals surface area contributed by atoms with Gasteiger partial charge in [-0.3, -0.25) is 19.1 Å². The quantitative estimate of drug-likeness (QED) is 0.680. The number of H-pyrrole nitrogens is 1. The van der Waals surface area contributed by atoms with E-state index in [0.29, 0.717) is 10.5 Å². The highest BCUT2D eigenvalue weighted by molar-refractivity contribution is 6.07. The second kappa shape index (κ2) is 7.90. The smallest absolute Gasteiger partial charge is 0.383 e. The first-order valence-corrected chi connectivity index (χ1v) is 8.72. The van der Waals surface area contributed by atoms with E-state index in [2.05, 4.69) is 4.98 Å². The van der Waals surface area contributed by atoms with Crippen molar-refractivity contribution in [3.8, 4) is 0 Å². The van der Waals surface area contributed by atoms with E-state index in [1.54, 1.807) is 30.3 Å². The standard InChI is InChI=1S/C20H17F3N4O3/c1-26(18(29)13-9-5-6-10-14(13)20(21,22)23)15-16(24)27(19(30)25-17(15)28)11-12-7-3-2-4-8-12/h2-10H,11,24H2,1H3,(H,25,28,30). The molecular formula is C20H17F3N4O3. The maximum Gasteiger partial charge on any atom is 0.417 e.